The molecule has 0 heterocycles. The molecule has 0 spiro atoms. The minimum atomic E-state index is 0.709. The van der Waals surface area contributed by atoms with Crippen LogP contribution in [0.5, 0.6) is 5.75 Å². The summed E-state index contributed by atoms with van der Waals surface area (Å²) in [5, 5.41) is 2.25. The summed E-state index contributed by atoms with van der Waals surface area (Å²) in [5.74, 6) is 0.846. The predicted molar refractivity (Wildman–Crippen MR) is 81.3 cm³/mol. The van der Waals surface area contributed by atoms with Gasteiger partial charge < -0.3 is 4.74 Å². The largest absolute Gasteiger partial charge is 0.497 e. The molecule has 2 nitrogen and oxygen atoms in total. The van der Waals surface area contributed by atoms with E-state index in [4.69, 9.17) is 4.74 Å². The third-order valence-corrected chi connectivity index (χ3v) is 3.45. The first kappa shape index (κ1) is 12.4. The van der Waals surface area contributed by atoms with Crippen molar-refractivity contribution in [2.75, 3.05) is 7.11 Å². The van der Waals surface area contributed by atoms with Crippen LogP contribution >= 0.6 is 0 Å². The summed E-state index contributed by atoms with van der Waals surface area (Å²) in [4.78, 5) is 11.1. The second kappa shape index (κ2) is 5.17. The lowest BCUT2D eigenvalue weighted by molar-refractivity contribution is 0.112. The first-order chi connectivity index (χ1) is 9.81. The van der Waals surface area contributed by atoms with E-state index in [1.807, 2.05) is 48.5 Å². The predicted octanol–water partition coefficient (Wildman–Crippen LogP) is 4.33. The van der Waals surface area contributed by atoms with Gasteiger partial charge in [0.2, 0.25) is 0 Å². The average Bonchev–Trinajstić information content (AvgIpc) is 2.53. The number of carbonyl (C=O) groups is 1. The van der Waals surface area contributed by atoms with E-state index in [1.54, 1.807) is 7.11 Å². The second-order valence-corrected chi connectivity index (χ2v) is 4.63. The van der Waals surface area contributed by atoms with E-state index in [2.05, 4.69) is 12.1 Å². The summed E-state index contributed by atoms with van der Waals surface area (Å²) in [5.41, 5.74) is 2.71. The quantitative estimate of drug-likeness (QED) is 0.657. The van der Waals surface area contributed by atoms with E-state index < -0.39 is 0 Å². The van der Waals surface area contributed by atoms with E-state index in [9.17, 15) is 4.79 Å². The Labute approximate surface area is 117 Å². The fourth-order valence-corrected chi connectivity index (χ4v) is 2.38. The number of rotatable bonds is 3. The Morgan fingerprint density at radius 3 is 2.45 bits per heavy atom. The van der Waals surface area contributed by atoms with E-state index in [0.29, 0.717) is 5.56 Å². The van der Waals surface area contributed by atoms with Gasteiger partial charge in [-0.1, -0.05) is 42.5 Å². The SMILES string of the molecule is COc1ccc2cc(-c3ccccc3C=O)ccc2c1. The molecule has 0 N–H and O–H groups in total. The lowest BCUT2D eigenvalue weighted by atomic mass is 9.97. The van der Waals surface area contributed by atoms with E-state index >= 15 is 0 Å². The Morgan fingerprint density at radius 1 is 0.900 bits per heavy atom. The molecule has 0 fully saturated rings. The van der Waals surface area contributed by atoms with Crippen molar-refractivity contribution in [2.45, 2.75) is 0 Å². The van der Waals surface area contributed by atoms with Gasteiger partial charge in [-0.2, -0.15) is 0 Å². The van der Waals surface area contributed by atoms with Crippen molar-refractivity contribution < 1.29 is 9.53 Å². The zero-order chi connectivity index (χ0) is 13.9. The first-order valence-electron chi connectivity index (χ1n) is 6.44. The van der Waals surface area contributed by atoms with Gasteiger partial charge in [-0.15, -0.1) is 0 Å². The van der Waals surface area contributed by atoms with Gasteiger partial charge in [-0.25, -0.2) is 0 Å². The highest BCUT2D eigenvalue weighted by Crippen LogP contribution is 2.28. The highest BCUT2D eigenvalue weighted by atomic mass is 16.5. The molecule has 0 bridgehead atoms. The third kappa shape index (κ3) is 2.16. The van der Waals surface area contributed by atoms with Crippen molar-refractivity contribution in [1.82, 2.24) is 0 Å². The van der Waals surface area contributed by atoms with Gasteiger partial charge >= 0.3 is 0 Å². The Hall–Kier alpha value is -2.61. The van der Waals surface area contributed by atoms with Crippen molar-refractivity contribution in [2.24, 2.45) is 0 Å². The third-order valence-electron chi connectivity index (χ3n) is 3.45. The fraction of sp³-hybridized carbons (Fsp3) is 0.0556. The zero-order valence-electron chi connectivity index (χ0n) is 11.2. The molecule has 3 aromatic carbocycles. The second-order valence-electron chi connectivity index (χ2n) is 4.63. The number of benzene rings is 3. The maximum Gasteiger partial charge on any atom is 0.150 e. The summed E-state index contributed by atoms with van der Waals surface area (Å²) < 4.78 is 5.23. The smallest absolute Gasteiger partial charge is 0.150 e. The van der Waals surface area contributed by atoms with Crippen molar-refractivity contribution in [3.8, 4) is 16.9 Å². The molecule has 98 valence electrons. The molecule has 2 heteroatoms. The van der Waals surface area contributed by atoms with Crippen molar-refractivity contribution >= 4 is 17.1 Å². The average molecular weight is 262 g/mol. The number of hydrogen-bond acceptors (Lipinski definition) is 2. The number of aldehydes is 1. The molecule has 0 aliphatic carbocycles. The molecule has 0 saturated carbocycles. The molecule has 0 atom stereocenters. The number of hydrogen-bond donors (Lipinski definition) is 0. The lowest BCUT2D eigenvalue weighted by Crippen LogP contribution is -1.87. The lowest BCUT2D eigenvalue weighted by Gasteiger charge is -2.07. The van der Waals surface area contributed by atoms with Crippen LogP contribution in [0.2, 0.25) is 0 Å². The maximum atomic E-state index is 11.1. The molecular formula is C18H14O2. The Bertz CT molecular complexity index is 775. The Kier molecular flexibility index (Phi) is 3.21. The standard InChI is InChI=1S/C18H14O2/c1-20-17-9-8-13-10-15(7-6-14(13)11-17)18-5-3-2-4-16(18)12-19/h2-12H,1H3. The number of methoxy groups -OCH3 is 1. The number of carbonyl (C=O) groups excluding carboxylic acids is 1. The van der Waals surface area contributed by atoms with Crippen LogP contribution in [0.4, 0.5) is 0 Å². The molecule has 0 aliphatic rings. The first-order valence-corrected chi connectivity index (χ1v) is 6.44. The molecule has 0 aliphatic heterocycles. The van der Waals surface area contributed by atoms with Crippen LogP contribution < -0.4 is 4.74 Å². The van der Waals surface area contributed by atoms with Crippen LogP contribution in [0.25, 0.3) is 21.9 Å². The van der Waals surface area contributed by atoms with Crippen LogP contribution in [0, 0.1) is 0 Å². The summed E-state index contributed by atoms with van der Waals surface area (Å²) >= 11 is 0. The summed E-state index contributed by atoms with van der Waals surface area (Å²) in [7, 11) is 1.66. The van der Waals surface area contributed by atoms with Gasteiger partial charge in [0.05, 0.1) is 7.11 Å². The molecule has 0 saturated heterocycles. The summed E-state index contributed by atoms with van der Waals surface area (Å²) in [6, 6.07) is 19.8. The molecule has 0 radical (unpaired) electrons. The zero-order valence-corrected chi connectivity index (χ0v) is 11.2. The molecule has 3 aromatic rings. The van der Waals surface area contributed by atoms with Gasteiger partial charge in [0.1, 0.15) is 5.75 Å². The Balaban J connectivity index is 2.15. The summed E-state index contributed by atoms with van der Waals surface area (Å²) in [6.45, 7) is 0. The Morgan fingerprint density at radius 2 is 1.65 bits per heavy atom. The van der Waals surface area contributed by atoms with Crippen LogP contribution in [-0.4, -0.2) is 13.4 Å². The van der Waals surface area contributed by atoms with Crippen molar-refractivity contribution in [3.05, 3.63) is 66.2 Å². The number of fused-ring (bicyclic) bond motifs is 1. The van der Waals surface area contributed by atoms with Gasteiger partial charge in [-0.05, 0) is 40.1 Å². The van der Waals surface area contributed by atoms with Gasteiger partial charge in [-0.3, -0.25) is 4.79 Å². The van der Waals surface area contributed by atoms with Crippen molar-refractivity contribution in [1.29, 1.82) is 0 Å². The van der Waals surface area contributed by atoms with Crippen molar-refractivity contribution in [3.63, 3.8) is 0 Å². The van der Waals surface area contributed by atoms with Crippen LogP contribution in [0.3, 0.4) is 0 Å². The molecule has 0 aromatic heterocycles. The van der Waals surface area contributed by atoms with E-state index in [-0.39, 0.29) is 0 Å². The number of ether oxygens (including phenoxy) is 1. The minimum absolute atomic E-state index is 0.709. The normalized spacial score (nSPS) is 10.4. The van der Waals surface area contributed by atoms with Crippen LogP contribution in [-0.2, 0) is 0 Å². The monoisotopic (exact) mass is 262 g/mol. The summed E-state index contributed by atoms with van der Waals surface area (Å²) in [6.07, 6.45) is 0.896. The maximum absolute atomic E-state index is 11.1. The van der Waals surface area contributed by atoms with Gasteiger partial charge in [0.25, 0.3) is 0 Å². The molecule has 0 amide bonds. The van der Waals surface area contributed by atoms with Gasteiger partial charge in [0.15, 0.2) is 6.29 Å². The molecule has 3 rings (SSSR count). The molecular weight excluding hydrogens is 248 g/mol. The minimum Gasteiger partial charge on any atom is -0.497 e. The highest BCUT2D eigenvalue weighted by molar-refractivity contribution is 5.92. The molecule has 0 unspecified atom stereocenters. The van der Waals surface area contributed by atoms with E-state index in [0.717, 1.165) is 33.9 Å². The highest BCUT2D eigenvalue weighted by Gasteiger charge is 2.05. The molecule has 20 heavy (non-hydrogen) atoms. The fourth-order valence-electron chi connectivity index (χ4n) is 2.38. The van der Waals surface area contributed by atoms with E-state index in [1.165, 1.54) is 0 Å². The van der Waals surface area contributed by atoms with Crippen LogP contribution in [0.15, 0.2) is 60.7 Å². The van der Waals surface area contributed by atoms with Gasteiger partial charge in [0, 0.05) is 5.56 Å². The topological polar surface area (TPSA) is 26.3 Å². The van der Waals surface area contributed by atoms with Crippen LogP contribution in [0.1, 0.15) is 10.4 Å².